The van der Waals surface area contributed by atoms with Gasteiger partial charge in [0.2, 0.25) is 0 Å². The first-order valence-corrected chi connectivity index (χ1v) is 10.7. The van der Waals surface area contributed by atoms with Crippen LogP contribution in [0.3, 0.4) is 0 Å². The lowest BCUT2D eigenvalue weighted by molar-refractivity contribution is 0.0989. The van der Waals surface area contributed by atoms with Crippen LogP contribution < -0.4 is 26.4 Å². The Labute approximate surface area is 194 Å². The molecule has 0 radical (unpaired) electrons. The minimum absolute atomic E-state index is 0.00658. The molecule has 0 saturated carbocycles. The van der Waals surface area contributed by atoms with E-state index in [1.165, 1.54) is 24.1 Å². The number of nitrogens with one attached hydrogen (secondary N) is 2. The summed E-state index contributed by atoms with van der Waals surface area (Å²) in [5, 5.41) is 20.4. The second-order valence-electron chi connectivity index (χ2n) is 7.95. The molecule has 34 heavy (non-hydrogen) atoms. The predicted octanol–water partition coefficient (Wildman–Crippen LogP) is 3.77. The number of para-hydroxylation sites is 1. The van der Waals surface area contributed by atoms with Crippen molar-refractivity contribution in [1.29, 1.82) is 0 Å². The number of aromatic hydroxyl groups is 1. The molecule has 2 aromatic heterocycles. The van der Waals surface area contributed by atoms with E-state index < -0.39 is 16.8 Å². The van der Waals surface area contributed by atoms with Crippen molar-refractivity contribution in [2.45, 2.75) is 33.2 Å². The van der Waals surface area contributed by atoms with E-state index in [-0.39, 0.29) is 40.2 Å². The molecule has 2 aromatic carbocycles. The lowest BCUT2D eigenvalue weighted by Crippen LogP contribution is -2.37. The van der Waals surface area contributed by atoms with Gasteiger partial charge in [-0.15, -0.1) is 0 Å². The summed E-state index contributed by atoms with van der Waals surface area (Å²) < 4.78 is 10.6. The van der Waals surface area contributed by atoms with Crippen molar-refractivity contribution in [3.05, 3.63) is 79.7 Å². The van der Waals surface area contributed by atoms with Crippen LogP contribution in [0, 0.1) is 13.8 Å². The van der Waals surface area contributed by atoms with Crippen molar-refractivity contribution in [3.8, 4) is 5.75 Å². The minimum atomic E-state index is -0.723. The van der Waals surface area contributed by atoms with E-state index in [1.807, 2.05) is 26.0 Å². The lowest BCUT2D eigenvalue weighted by atomic mass is 10.1. The molecule has 0 unspecified atom stereocenters. The third-order valence-corrected chi connectivity index (χ3v) is 5.53. The molecule has 0 spiro atoms. The van der Waals surface area contributed by atoms with Crippen LogP contribution in [0.2, 0.25) is 0 Å². The summed E-state index contributed by atoms with van der Waals surface area (Å²) in [4.78, 5) is 38.7. The third-order valence-electron chi connectivity index (χ3n) is 5.53. The average Bonchev–Trinajstić information content (AvgIpc) is 3.46. The van der Waals surface area contributed by atoms with Crippen LogP contribution in [0.25, 0.3) is 0 Å². The number of anilines is 4. The van der Waals surface area contributed by atoms with Crippen molar-refractivity contribution in [2.24, 2.45) is 0 Å². The first-order valence-electron chi connectivity index (χ1n) is 10.7. The fourth-order valence-corrected chi connectivity index (χ4v) is 3.59. The van der Waals surface area contributed by atoms with E-state index in [2.05, 4.69) is 15.8 Å². The highest BCUT2D eigenvalue weighted by atomic mass is 16.5. The van der Waals surface area contributed by atoms with Gasteiger partial charge in [-0.2, -0.15) is 0 Å². The van der Waals surface area contributed by atoms with Gasteiger partial charge in [0.25, 0.3) is 16.8 Å². The Morgan fingerprint density at radius 3 is 2.47 bits per heavy atom. The second-order valence-corrected chi connectivity index (χ2v) is 7.95. The zero-order chi connectivity index (χ0) is 24.6. The summed E-state index contributed by atoms with van der Waals surface area (Å²) in [6.45, 7) is 5.43. The van der Waals surface area contributed by atoms with Gasteiger partial charge in [-0.25, -0.2) is 0 Å². The normalized spacial score (nSPS) is 12.0. The fraction of sp³-hybridized carbons (Fsp3) is 0.250. The van der Waals surface area contributed by atoms with Gasteiger partial charge in [0.15, 0.2) is 11.6 Å². The summed E-state index contributed by atoms with van der Waals surface area (Å²) in [5.41, 5.74) is -1.20. The Hall–Kier alpha value is -4.34. The van der Waals surface area contributed by atoms with Gasteiger partial charge in [-0.3, -0.25) is 19.3 Å². The number of benzene rings is 1. The minimum Gasteiger partial charge on any atom is -0.505 e. The van der Waals surface area contributed by atoms with Crippen molar-refractivity contribution in [2.75, 3.05) is 22.6 Å². The first-order chi connectivity index (χ1) is 16.2. The fourth-order valence-electron chi connectivity index (χ4n) is 3.59. The van der Waals surface area contributed by atoms with Crippen LogP contribution >= 0.6 is 0 Å². The van der Waals surface area contributed by atoms with Crippen LogP contribution in [0.1, 0.15) is 47.0 Å². The molecule has 0 aliphatic carbocycles. The molecule has 2 heterocycles. The van der Waals surface area contributed by atoms with Gasteiger partial charge >= 0.3 is 0 Å². The number of aromatic nitrogens is 1. The van der Waals surface area contributed by atoms with Crippen LogP contribution in [0.4, 0.5) is 22.9 Å². The SMILES string of the molecule is CC[C@@H](Nc1c(Nc2cccc(C(=O)N(C)c3cc(C)on3)c2O)c(=O)c1=O)c1ccc(C)o1. The van der Waals surface area contributed by atoms with Crippen LogP contribution in [-0.4, -0.2) is 23.2 Å². The molecule has 10 heteroatoms. The van der Waals surface area contributed by atoms with Gasteiger partial charge in [0.05, 0.1) is 17.3 Å². The number of carbonyl (C=O) groups excluding carboxylic acids is 1. The van der Waals surface area contributed by atoms with Crippen molar-refractivity contribution < 1.29 is 18.8 Å². The number of aryl methyl sites for hydroxylation is 2. The summed E-state index contributed by atoms with van der Waals surface area (Å²) in [6.07, 6.45) is 0.605. The van der Waals surface area contributed by atoms with Gasteiger partial charge < -0.3 is 24.7 Å². The summed E-state index contributed by atoms with van der Waals surface area (Å²) in [6, 6.07) is 9.39. The van der Waals surface area contributed by atoms with Gasteiger partial charge in [-0.1, -0.05) is 18.1 Å². The maximum absolute atomic E-state index is 12.9. The molecule has 0 aliphatic rings. The molecule has 0 fully saturated rings. The van der Waals surface area contributed by atoms with E-state index in [1.54, 1.807) is 19.1 Å². The summed E-state index contributed by atoms with van der Waals surface area (Å²) in [7, 11) is 1.50. The number of nitrogens with zero attached hydrogens (tertiary/aromatic N) is 2. The van der Waals surface area contributed by atoms with Gasteiger partial charge in [0.1, 0.15) is 28.7 Å². The van der Waals surface area contributed by atoms with Gasteiger partial charge in [0, 0.05) is 13.1 Å². The molecule has 4 aromatic rings. The molecule has 4 rings (SSSR count). The van der Waals surface area contributed by atoms with E-state index in [0.717, 1.165) is 5.76 Å². The molecule has 1 atom stereocenters. The molecule has 0 bridgehead atoms. The largest absolute Gasteiger partial charge is 0.505 e. The average molecular weight is 464 g/mol. The number of furan rings is 1. The monoisotopic (exact) mass is 464 g/mol. The highest BCUT2D eigenvalue weighted by molar-refractivity contribution is 6.08. The number of rotatable bonds is 8. The number of hydrogen-bond donors (Lipinski definition) is 3. The molecular formula is C24H24N4O6. The Bertz CT molecular complexity index is 1430. The third kappa shape index (κ3) is 4.05. The highest BCUT2D eigenvalue weighted by Gasteiger charge is 2.27. The molecular weight excluding hydrogens is 440 g/mol. The second kappa shape index (κ2) is 8.89. The number of phenolic OH excluding ortho intramolecular Hbond substituents is 1. The number of hydrogen-bond acceptors (Lipinski definition) is 9. The predicted molar refractivity (Wildman–Crippen MR) is 127 cm³/mol. The smallest absolute Gasteiger partial charge is 0.263 e. The van der Waals surface area contributed by atoms with E-state index in [9.17, 15) is 19.5 Å². The zero-order valence-electron chi connectivity index (χ0n) is 19.1. The Morgan fingerprint density at radius 1 is 1.12 bits per heavy atom. The maximum atomic E-state index is 12.9. The maximum Gasteiger partial charge on any atom is 0.263 e. The zero-order valence-corrected chi connectivity index (χ0v) is 19.1. The van der Waals surface area contributed by atoms with Crippen molar-refractivity contribution >= 4 is 28.8 Å². The van der Waals surface area contributed by atoms with E-state index in [4.69, 9.17) is 8.94 Å². The molecule has 0 aliphatic heterocycles. The lowest BCUT2D eigenvalue weighted by Gasteiger charge is -2.21. The van der Waals surface area contributed by atoms with E-state index >= 15 is 0 Å². The Kier molecular flexibility index (Phi) is 5.97. The highest BCUT2D eigenvalue weighted by Crippen LogP contribution is 2.34. The topological polar surface area (TPSA) is 138 Å². The van der Waals surface area contributed by atoms with Crippen LogP contribution in [-0.2, 0) is 0 Å². The number of carbonyl (C=O) groups is 1. The molecule has 10 nitrogen and oxygen atoms in total. The van der Waals surface area contributed by atoms with Crippen LogP contribution in [0.15, 0.2) is 54.9 Å². The Balaban J connectivity index is 1.59. The van der Waals surface area contributed by atoms with Crippen molar-refractivity contribution in [3.63, 3.8) is 0 Å². The number of phenols is 1. The van der Waals surface area contributed by atoms with Gasteiger partial charge in [-0.05, 0) is 44.5 Å². The number of amides is 1. The standard InChI is InChI=1S/C24H24N4O6/c1-5-15(17-10-9-12(2)33-17)25-19-20(23(31)22(19)30)26-16-8-6-7-14(21(16)29)24(32)28(4)18-11-13(3)34-27-18/h6-11,15,25-26,29H,5H2,1-4H3/t15-/m1/s1. The summed E-state index contributed by atoms with van der Waals surface area (Å²) in [5.74, 6) is 1.29. The Morgan fingerprint density at radius 2 is 1.85 bits per heavy atom. The van der Waals surface area contributed by atoms with Crippen molar-refractivity contribution in [1.82, 2.24) is 5.16 Å². The quantitative estimate of drug-likeness (QED) is 0.263. The van der Waals surface area contributed by atoms with Crippen LogP contribution in [0.5, 0.6) is 5.75 Å². The molecule has 1 amide bonds. The van der Waals surface area contributed by atoms with E-state index in [0.29, 0.717) is 17.9 Å². The molecule has 0 saturated heterocycles. The summed E-state index contributed by atoms with van der Waals surface area (Å²) >= 11 is 0. The first kappa shape index (κ1) is 22.8. The molecule has 176 valence electrons. The molecule has 3 N–H and O–H groups in total.